The van der Waals surface area contributed by atoms with Crippen LogP contribution in [0, 0.1) is 40.9 Å². The molecule has 148 valence electrons. The second-order valence-electron chi connectivity index (χ2n) is 8.85. The Balaban J connectivity index is 1.87. The van der Waals surface area contributed by atoms with E-state index in [4.69, 9.17) is 0 Å². The van der Waals surface area contributed by atoms with Crippen LogP contribution in [0.15, 0.2) is 0 Å². The molecule has 0 aromatic heterocycles. The Morgan fingerprint density at radius 1 is 1.00 bits per heavy atom. The van der Waals surface area contributed by atoms with E-state index < -0.39 is 0 Å². The molecule has 2 aliphatic carbocycles. The van der Waals surface area contributed by atoms with E-state index in [1.54, 1.807) is 0 Å². The summed E-state index contributed by atoms with van der Waals surface area (Å²) in [6.45, 7) is -0.180. The minimum absolute atomic E-state index is 0.164. The number of hydrogen-bond donors (Lipinski definition) is 0. The fraction of sp³-hybridized carbons (Fsp3) is 0.913. The predicted molar refractivity (Wildman–Crippen MR) is 104 cm³/mol. The molecule has 0 bridgehead atoms. The molecule has 2 rings (SSSR count). The van der Waals surface area contributed by atoms with Gasteiger partial charge in [-0.05, 0) is 55.8 Å². The van der Waals surface area contributed by atoms with Gasteiger partial charge < -0.3 is 4.79 Å². The van der Waals surface area contributed by atoms with Crippen molar-refractivity contribution in [2.75, 3.05) is 6.67 Å². The predicted octanol–water partition coefficient (Wildman–Crippen LogP) is 6.64. The largest absolute Gasteiger partial charge is 0.303 e. The summed E-state index contributed by atoms with van der Waals surface area (Å²) in [5.41, 5.74) is 0. The summed E-state index contributed by atoms with van der Waals surface area (Å²) in [6.07, 6.45) is 17.9. The normalized spacial score (nSPS) is 26.8. The third-order valence-electron chi connectivity index (χ3n) is 7.10. The average Bonchev–Trinajstić information content (AvgIpc) is 2.70. The first-order valence-corrected chi connectivity index (χ1v) is 11.2. The first kappa shape index (κ1) is 21.4. The van der Waals surface area contributed by atoms with Crippen LogP contribution >= 0.6 is 0 Å². The Morgan fingerprint density at radius 3 is 2.31 bits per heavy atom. The van der Waals surface area contributed by atoms with E-state index in [0.717, 1.165) is 38.4 Å². The number of halogens is 1. The van der Waals surface area contributed by atoms with Gasteiger partial charge in [-0.2, -0.15) is 5.26 Å². The van der Waals surface area contributed by atoms with Gasteiger partial charge in [0.1, 0.15) is 6.29 Å². The minimum atomic E-state index is -0.180. The van der Waals surface area contributed by atoms with Crippen LogP contribution in [0.2, 0.25) is 0 Å². The lowest BCUT2D eigenvalue weighted by Gasteiger charge is -2.36. The Hall–Kier alpha value is -0.910. The molecule has 2 aliphatic rings. The van der Waals surface area contributed by atoms with Crippen LogP contribution in [-0.2, 0) is 4.79 Å². The maximum absolute atomic E-state index is 12.4. The fourth-order valence-electron chi connectivity index (χ4n) is 5.57. The van der Waals surface area contributed by atoms with Gasteiger partial charge in [-0.15, -0.1) is 0 Å². The second-order valence-corrected chi connectivity index (χ2v) is 8.85. The molecule has 0 radical (unpaired) electrons. The van der Waals surface area contributed by atoms with Gasteiger partial charge in [0.05, 0.1) is 12.7 Å². The van der Waals surface area contributed by atoms with Gasteiger partial charge in [-0.25, -0.2) is 0 Å². The molecule has 2 nitrogen and oxygen atoms in total. The van der Waals surface area contributed by atoms with Crippen LogP contribution in [-0.4, -0.2) is 13.0 Å². The highest BCUT2D eigenvalue weighted by Crippen LogP contribution is 2.42. The molecule has 26 heavy (non-hydrogen) atoms. The zero-order chi connectivity index (χ0) is 18.6. The van der Waals surface area contributed by atoms with E-state index in [9.17, 15) is 14.4 Å². The monoisotopic (exact) mass is 363 g/mol. The van der Waals surface area contributed by atoms with Gasteiger partial charge in [0.15, 0.2) is 0 Å². The average molecular weight is 364 g/mol. The summed E-state index contributed by atoms with van der Waals surface area (Å²) >= 11 is 0. The summed E-state index contributed by atoms with van der Waals surface area (Å²) in [6, 6.07) is 2.68. The Morgan fingerprint density at radius 2 is 1.69 bits per heavy atom. The van der Waals surface area contributed by atoms with Crippen LogP contribution in [0.25, 0.3) is 0 Å². The summed E-state index contributed by atoms with van der Waals surface area (Å²) in [7, 11) is 0. The number of hydrogen-bond acceptors (Lipinski definition) is 2. The molecule has 0 N–H and O–H groups in total. The van der Waals surface area contributed by atoms with E-state index in [-0.39, 0.29) is 12.6 Å². The fourth-order valence-corrected chi connectivity index (χ4v) is 5.57. The van der Waals surface area contributed by atoms with E-state index in [1.807, 2.05) is 0 Å². The lowest BCUT2D eigenvalue weighted by Crippen LogP contribution is -2.28. The van der Waals surface area contributed by atoms with Crippen molar-refractivity contribution in [3.63, 3.8) is 0 Å². The van der Waals surface area contributed by atoms with Gasteiger partial charge in [-0.3, -0.25) is 4.39 Å². The molecule has 0 heterocycles. The van der Waals surface area contributed by atoms with Crippen molar-refractivity contribution < 1.29 is 9.18 Å². The van der Waals surface area contributed by atoms with Crippen molar-refractivity contribution in [2.24, 2.45) is 29.6 Å². The Labute approximate surface area is 159 Å². The Bertz CT molecular complexity index is 418. The standard InChI is InChI=1S/C23H38FNO/c24-15-6-7-19-11-13-20(14-12-19)17-22(18-25)23(10-4-5-16-26)21-8-2-1-3-9-21/h16,19-23H,1-15,17H2. The van der Waals surface area contributed by atoms with Gasteiger partial charge in [0.25, 0.3) is 0 Å². The first-order chi connectivity index (χ1) is 12.8. The number of rotatable bonds is 11. The molecule has 0 aliphatic heterocycles. The van der Waals surface area contributed by atoms with E-state index in [1.165, 1.54) is 57.8 Å². The molecule has 0 amide bonds. The summed E-state index contributed by atoms with van der Waals surface area (Å²) in [4.78, 5) is 10.7. The van der Waals surface area contributed by atoms with Crippen molar-refractivity contribution in [3.05, 3.63) is 0 Å². The van der Waals surface area contributed by atoms with Crippen LogP contribution in [0.1, 0.15) is 96.3 Å². The number of unbranched alkanes of at least 4 members (excludes halogenated alkanes) is 1. The molecular formula is C23H38FNO. The molecule has 2 unspecified atom stereocenters. The smallest absolute Gasteiger partial charge is 0.119 e. The van der Waals surface area contributed by atoms with Crippen LogP contribution in [0.5, 0.6) is 0 Å². The maximum atomic E-state index is 12.4. The first-order valence-electron chi connectivity index (χ1n) is 11.2. The highest BCUT2D eigenvalue weighted by molar-refractivity contribution is 5.48. The summed E-state index contributed by atoms with van der Waals surface area (Å²) in [5, 5.41) is 9.92. The number of nitriles is 1. The van der Waals surface area contributed by atoms with Crippen LogP contribution < -0.4 is 0 Å². The quantitative estimate of drug-likeness (QED) is 0.305. The van der Waals surface area contributed by atoms with Gasteiger partial charge in [0, 0.05) is 12.3 Å². The molecule has 2 fully saturated rings. The van der Waals surface area contributed by atoms with Crippen molar-refractivity contribution >= 4 is 6.29 Å². The molecule has 0 aromatic carbocycles. The van der Waals surface area contributed by atoms with Crippen molar-refractivity contribution in [1.29, 1.82) is 5.26 Å². The summed E-state index contributed by atoms with van der Waals surface area (Å²) in [5.74, 6) is 2.74. The van der Waals surface area contributed by atoms with E-state index in [0.29, 0.717) is 30.1 Å². The zero-order valence-corrected chi connectivity index (χ0v) is 16.5. The number of aldehydes is 1. The van der Waals surface area contributed by atoms with Crippen molar-refractivity contribution in [1.82, 2.24) is 0 Å². The third-order valence-corrected chi connectivity index (χ3v) is 7.10. The Kier molecular flexibility index (Phi) is 10.3. The molecular weight excluding hydrogens is 325 g/mol. The minimum Gasteiger partial charge on any atom is -0.303 e. The van der Waals surface area contributed by atoms with Crippen molar-refractivity contribution in [3.8, 4) is 6.07 Å². The molecule has 2 saturated carbocycles. The third kappa shape index (κ3) is 7.01. The topological polar surface area (TPSA) is 40.9 Å². The molecule has 2 atom stereocenters. The van der Waals surface area contributed by atoms with Gasteiger partial charge in [0.2, 0.25) is 0 Å². The highest BCUT2D eigenvalue weighted by atomic mass is 19.1. The van der Waals surface area contributed by atoms with Gasteiger partial charge >= 0.3 is 0 Å². The number of carbonyl (C=O) groups excluding carboxylic acids is 1. The molecule has 3 heteroatoms. The van der Waals surface area contributed by atoms with Crippen LogP contribution in [0.3, 0.4) is 0 Å². The molecule has 0 spiro atoms. The lowest BCUT2D eigenvalue weighted by molar-refractivity contribution is -0.108. The number of carbonyl (C=O) groups is 1. The second kappa shape index (κ2) is 12.5. The number of nitrogens with zero attached hydrogens (tertiary/aromatic N) is 1. The maximum Gasteiger partial charge on any atom is 0.119 e. The molecule has 0 aromatic rings. The van der Waals surface area contributed by atoms with Crippen molar-refractivity contribution in [2.45, 2.75) is 96.3 Å². The van der Waals surface area contributed by atoms with E-state index in [2.05, 4.69) is 6.07 Å². The number of alkyl halides is 1. The summed E-state index contributed by atoms with van der Waals surface area (Å²) < 4.78 is 12.4. The highest BCUT2D eigenvalue weighted by Gasteiger charge is 2.33. The molecule has 0 saturated heterocycles. The van der Waals surface area contributed by atoms with E-state index >= 15 is 0 Å². The van der Waals surface area contributed by atoms with Gasteiger partial charge in [-0.1, -0.05) is 57.8 Å². The van der Waals surface area contributed by atoms with Crippen LogP contribution in [0.4, 0.5) is 4.39 Å². The lowest BCUT2D eigenvalue weighted by atomic mass is 9.68. The zero-order valence-electron chi connectivity index (χ0n) is 16.5. The SMILES string of the molecule is N#CC(CC1CCC(CCCF)CC1)C(CCCC=O)C1CCCCC1.